The first-order valence-corrected chi connectivity index (χ1v) is 9.33. The van der Waals surface area contributed by atoms with E-state index in [2.05, 4.69) is 5.32 Å². The second kappa shape index (κ2) is 8.16. The van der Waals surface area contributed by atoms with Gasteiger partial charge in [-0.1, -0.05) is 48.5 Å². The minimum absolute atomic E-state index is 0.0851. The number of carbonyl (C=O) groups excluding carboxylic acids is 1. The predicted molar refractivity (Wildman–Crippen MR) is 113 cm³/mol. The van der Waals surface area contributed by atoms with Crippen molar-refractivity contribution < 1.29 is 9.18 Å². The lowest BCUT2D eigenvalue weighted by molar-refractivity contribution is -0.116. The maximum Gasteiger partial charge on any atom is 0.331 e. The highest BCUT2D eigenvalue weighted by Crippen LogP contribution is 2.22. The van der Waals surface area contributed by atoms with E-state index in [1.807, 2.05) is 36.4 Å². The molecule has 1 amide bonds. The third-order valence-corrected chi connectivity index (χ3v) is 4.75. The van der Waals surface area contributed by atoms with Crippen LogP contribution in [0.4, 0.5) is 10.1 Å². The maximum absolute atomic E-state index is 13.4. The fraction of sp³-hybridized carbons (Fsp3) is 0.0870. The highest BCUT2D eigenvalue weighted by Gasteiger charge is 2.12. The summed E-state index contributed by atoms with van der Waals surface area (Å²) < 4.78 is 15.5. The van der Waals surface area contributed by atoms with Crippen molar-refractivity contribution >= 4 is 22.4 Å². The van der Waals surface area contributed by atoms with Crippen LogP contribution in [0.25, 0.3) is 10.8 Å². The summed E-state index contributed by atoms with van der Waals surface area (Å²) in [5.74, 6) is -0.905. The zero-order valence-electron chi connectivity index (χ0n) is 15.9. The highest BCUT2D eigenvalue weighted by molar-refractivity contribution is 6.01. The van der Waals surface area contributed by atoms with Crippen LogP contribution in [-0.2, 0) is 17.9 Å². The molecule has 30 heavy (non-hydrogen) atoms. The van der Waals surface area contributed by atoms with Gasteiger partial charge in [-0.15, -0.1) is 0 Å². The third kappa shape index (κ3) is 4.05. The summed E-state index contributed by atoms with van der Waals surface area (Å²) in [7, 11) is 0. The monoisotopic (exact) mass is 403 g/mol. The lowest BCUT2D eigenvalue weighted by Gasteiger charge is -2.12. The van der Waals surface area contributed by atoms with E-state index in [9.17, 15) is 18.8 Å². The molecule has 4 rings (SSSR count). The first kappa shape index (κ1) is 19.3. The summed E-state index contributed by atoms with van der Waals surface area (Å²) in [5, 5.41) is 4.59. The molecule has 7 heteroatoms. The Morgan fingerprint density at radius 2 is 1.70 bits per heavy atom. The molecule has 0 aliphatic carbocycles. The van der Waals surface area contributed by atoms with Crippen LogP contribution in [0.5, 0.6) is 0 Å². The largest absolute Gasteiger partial charge is 0.331 e. The Labute approximate surface area is 170 Å². The number of amides is 1. The first-order chi connectivity index (χ1) is 14.5. The summed E-state index contributed by atoms with van der Waals surface area (Å²) in [6, 6.07) is 20.1. The summed E-state index contributed by atoms with van der Waals surface area (Å²) in [6.45, 7) is -0.341. The zero-order chi connectivity index (χ0) is 21.1. The molecule has 0 aliphatic heterocycles. The predicted octanol–water partition coefficient (Wildman–Crippen LogP) is 2.99. The quantitative estimate of drug-likeness (QED) is 0.557. The topological polar surface area (TPSA) is 73.1 Å². The number of nitrogens with one attached hydrogen (secondary N) is 1. The van der Waals surface area contributed by atoms with Gasteiger partial charge in [0.2, 0.25) is 5.91 Å². The van der Waals surface area contributed by atoms with Gasteiger partial charge in [-0.2, -0.15) is 0 Å². The van der Waals surface area contributed by atoms with E-state index in [1.165, 1.54) is 29.0 Å². The van der Waals surface area contributed by atoms with Gasteiger partial charge in [-0.05, 0) is 29.1 Å². The maximum atomic E-state index is 13.4. The number of benzene rings is 3. The van der Waals surface area contributed by atoms with Crippen LogP contribution < -0.4 is 16.6 Å². The van der Waals surface area contributed by atoms with Crippen molar-refractivity contribution in [2.24, 2.45) is 0 Å². The molecule has 0 saturated carbocycles. The minimum atomic E-state index is -0.639. The third-order valence-electron chi connectivity index (χ3n) is 4.75. The number of nitrogens with zero attached hydrogens (tertiary/aromatic N) is 2. The van der Waals surface area contributed by atoms with Crippen LogP contribution in [0.1, 0.15) is 5.56 Å². The van der Waals surface area contributed by atoms with Crippen molar-refractivity contribution in [1.29, 1.82) is 0 Å². The summed E-state index contributed by atoms with van der Waals surface area (Å²) in [4.78, 5) is 37.5. The minimum Gasteiger partial charge on any atom is -0.324 e. The van der Waals surface area contributed by atoms with Crippen LogP contribution in [0.3, 0.4) is 0 Å². The van der Waals surface area contributed by atoms with Gasteiger partial charge in [0.05, 0.1) is 6.54 Å². The average molecular weight is 403 g/mol. The zero-order valence-corrected chi connectivity index (χ0v) is 15.9. The highest BCUT2D eigenvalue weighted by atomic mass is 19.1. The van der Waals surface area contributed by atoms with Crippen molar-refractivity contribution in [2.75, 3.05) is 5.32 Å². The van der Waals surface area contributed by atoms with Crippen molar-refractivity contribution in [3.63, 3.8) is 0 Å². The molecule has 0 unspecified atom stereocenters. The molecule has 0 aliphatic rings. The molecule has 0 saturated heterocycles. The molecule has 1 N–H and O–H groups in total. The Hall–Kier alpha value is -4.00. The molecule has 0 fully saturated rings. The second-order valence-corrected chi connectivity index (χ2v) is 6.86. The van der Waals surface area contributed by atoms with Crippen LogP contribution in [0.2, 0.25) is 0 Å². The molecule has 1 aromatic heterocycles. The van der Waals surface area contributed by atoms with Gasteiger partial charge in [-0.25, -0.2) is 9.18 Å². The van der Waals surface area contributed by atoms with E-state index >= 15 is 0 Å². The fourth-order valence-electron chi connectivity index (χ4n) is 3.32. The molecule has 150 valence electrons. The number of hydrogen-bond acceptors (Lipinski definition) is 3. The molecule has 6 nitrogen and oxygen atoms in total. The second-order valence-electron chi connectivity index (χ2n) is 6.86. The number of halogens is 1. The molecule has 0 radical (unpaired) electrons. The van der Waals surface area contributed by atoms with Crippen LogP contribution >= 0.6 is 0 Å². The lowest BCUT2D eigenvalue weighted by Crippen LogP contribution is -2.41. The molecule has 1 heterocycles. The van der Waals surface area contributed by atoms with Gasteiger partial charge in [0.1, 0.15) is 12.4 Å². The van der Waals surface area contributed by atoms with Crippen molar-refractivity contribution in [3.05, 3.63) is 111 Å². The Morgan fingerprint density at radius 3 is 2.53 bits per heavy atom. The van der Waals surface area contributed by atoms with Crippen molar-refractivity contribution in [1.82, 2.24) is 9.13 Å². The summed E-state index contributed by atoms with van der Waals surface area (Å²) in [5.41, 5.74) is -0.0481. The smallest absolute Gasteiger partial charge is 0.324 e. The molecule has 0 spiro atoms. The summed E-state index contributed by atoms with van der Waals surface area (Å²) >= 11 is 0. The van der Waals surface area contributed by atoms with E-state index < -0.39 is 29.5 Å². The van der Waals surface area contributed by atoms with Gasteiger partial charge in [-0.3, -0.25) is 18.7 Å². The number of hydrogen-bond donors (Lipinski definition) is 1. The first-order valence-electron chi connectivity index (χ1n) is 9.33. The number of carbonyl (C=O) groups is 1. The fourth-order valence-corrected chi connectivity index (χ4v) is 3.32. The van der Waals surface area contributed by atoms with Crippen LogP contribution in [-0.4, -0.2) is 15.0 Å². The van der Waals surface area contributed by atoms with Crippen LogP contribution in [0, 0.1) is 5.82 Å². The number of aromatic nitrogens is 2. The van der Waals surface area contributed by atoms with E-state index in [1.54, 1.807) is 18.2 Å². The van der Waals surface area contributed by atoms with E-state index in [4.69, 9.17) is 0 Å². The average Bonchev–Trinajstić information content (AvgIpc) is 2.73. The van der Waals surface area contributed by atoms with E-state index in [0.29, 0.717) is 11.3 Å². The van der Waals surface area contributed by atoms with Crippen molar-refractivity contribution in [3.8, 4) is 0 Å². The Kier molecular flexibility index (Phi) is 5.26. The van der Waals surface area contributed by atoms with Crippen molar-refractivity contribution in [2.45, 2.75) is 13.1 Å². The Morgan fingerprint density at radius 1 is 0.933 bits per heavy atom. The van der Waals surface area contributed by atoms with Crippen LogP contribution in [0.15, 0.2) is 88.6 Å². The van der Waals surface area contributed by atoms with Gasteiger partial charge < -0.3 is 5.32 Å². The van der Waals surface area contributed by atoms with E-state index in [0.717, 1.165) is 15.3 Å². The molecular weight excluding hydrogens is 385 g/mol. The molecule has 0 atom stereocenters. The lowest BCUT2D eigenvalue weighted by atomic mass is 10.1. The molecule has 4 aromatic rings. The van der Waals surface area contributed by atoms with Gasteiger partial charge >= 0.3 is 5.69 Å². The molecular formula is C23H18FN3O3. The molecule has 3 aromatic carbocycles. The van der Waals surface area contributed by atoms with E-state index in [-0.39, 0.29) is 6.54 Å². The normalized spacial score (nSPS) is 10.8. The Balaban J connectivity index is 1.59. The van der Waals surface area contributed by atoms with Gasteiger partial charge in [0.25, 0.3) is 5.56 Å². The standard InChI is InChI=1S/C23H18FN3O3/c24-18-8-3-5-16(13-18)14-26-12-11-22(29)27(23(26)30)15-21(28)25-20-10-4-7-17-6-1-2-9-19(17)20/h1-13H,14-15H2,(H,25,28). The number of fused-ring (bicyclic) bond motifs is 1. The van der Waals surface area contributed by atoms with Gasteiger partial charge in [0, 0.05) is 23.3 Å². The SMILES string of the molecule is O=C(Cn1c(=O)ccn(Cc2cccc(F)c2)c1=O)Nc1cccc2ccccc12. The summed E-state index contributed by atoms with van der Waals surface area (Å²) in [6.07, 6.45) is 1.34. The molecule has 0 bridgehead atoms. The Bertz CT molecular complexity index is 1350. The van der Waals surface area contributed by atoms with Gasteiger partial charge in [0.15, 0.2) is 0 Å². The number of rotatable bonds is 5. The number of anilines is 1.